The molecule has 0 radical (unpaired) electrons. The summed E-state index contributed by atoms with van der Waals surface area (Å²) >= 11 is 0. The summed E-state index contributed by atoms with van der Waals surface area (Å²) in [7, 11) is 0. The standard InChI is InChI=1S/C6H11N3O3/c7-1-4(10)3-9-5(11)2-8-6(9)12/h4,10H,1-3,7H2,(H,8,12)/t4-/m0/s1. The summed E-state index contributed by atoms with van der Waals surface area (Å²) in [6, 6.07) is -0.465. The topological polar surface area (TPSA) is 95.7 Å². The van der Waals surface area contributed by atoms with Gasteiger partial charge in [0.15, 0.2) is 0 Å². The molecule has 0 bridgehead atoms. The fourth-order valence-electron chi connectivity index (χ4n) is 0.925. The Bertz CT molecular complexity index is 190. The molecule has 6 nitrogen and oxygen atoms in total. The van der Waals surface area contributed by atoms with Crippen molar-refractivity contribution in [3.63, 3.8) is 0 Å². The first-order valence-electron chi connectivity index (χ1n) is 3.61. The Labute approximate surface area is 69.3 Å². The molecule has 0 aromatic heterocycles. The summed E-state index contributed by atoms with van der Waals surface area (Å²) in [5, 5.41) is 11.4. The zero-order chi connectivity index (χ0) is 9.14. The molecular formula is C6H11N3O3. The molecule has 1 aliphatic rings. The highest BCUT2D eigenvalue weighted by atomic mass is 16.3. The molecule has 1 aliphatic heterocycles. The van der Waals surface area contributed by atoms with Crippen molar-refractivity contribution in [2.24, 2.45) is 5.73 Å². The second kappa shape index (κ2) is 3.51. The first kappa shape index (κ1) is 8.95. The quantitative estimate of drug-likeness (QED) is 0.424. The largest absolute Gasteiger partial charge is 0.390 e. The van der Waals surface area contributed by atoms with Crippen molar-refractivity contribution in [1.82, 2.24) is 10.2 Å². The lowest BCUT2D eigenvalue weighted by Gasteiger charge is -2.15. The molecule has 0 saturated carbocycles. The second-order valence-electron chi connectivity index (χ2n) is 2.55. The third-order valence-corrected chi connectivity index (χ3v) is 1.60. The van der Waals surface area contributed by atoms with E-state index in [1.54, 1.807) is 0 Å². The second-order valence-corrected chi connectivity index (χ2v) is 2.55. The van der Waals surface area contributed by atoms with E-state index in [0.29, 0.717) is 0 Å². The number of urea groups is 1. The van der Waals surface area contributed by atoms with E-state index in [1.807, 2.05) is 0 Å². The molecule has 1 atom stereocenters. The molecule has 1 heterocycles. The lowest BCUT2D eigenvalue weighted by atomic mass is 10.3. The summed E-state index contributed by atoms with van der Waals surface area (Å²) < 4.78 is 0. The van der Waals surface area contributed by atoms with Crippen molar-refractivity contribution in [1.29, 1.82) is 0 Å². The van der Waals surface area contributed by atoms with Crippen LogP contribution >= 0.6 is 0 Å². The number of aliphatic hydroxyl groups is 1. The first-order chi connectivity index (χ1) is 5.65. The van der Waals surface area contributed by atoms with E-state index in [1.165, 1.54) is 0 Å². The van der Waals surface area contributed by atoms with Gasteiger partial charge in [-0.15, -0.1) is 0 Å². The summed E-state index contributed by atoms with van der Waals surface area (Å²) in [4.78, 5) is 22.8. The average Bonchev–Trinajstić information content (AvgIpc) is 2.35. The highest BCUT2D eigenvalue weighted by molar-refractivity contribution is 6.01. The highest BCUT2D eigenvalue weighted by Crippen LogP contribution is 1.99. The van der Waals surface area contributed by atoms with E-state index < -0.39 is 12.1 Å². The van der Waals surface area contributed by atoms with Gasteiger partial charge < -0.3 is 16.2 Å². The summed E-state index contributed by atoms with van der Waals surface area (Å²) in [6.07, 6.45) is -0.835. The van der Waals surface area contributed by atoms with Gasteiger partial charge in [0.25, 0.3) is 0 Å². The number of nitrogens with one attached hydrogen (secondary N) is 1. The summed E-state index contributed by atoms with van der Waals surface area (Å²) in [6.45, 7) is 0.0222. The molecular weight excluding hydrogens is 162 g/mol. The first-order valence-corrected chi connectivity index (χ1v) is 3.61. The van der Waals surface area contributed by atoms with Crippen molar-refractivity contribution >= 4 is 11.9 Å². The number of β-amino-alcohol motifs (C(OH)–C–C–N with tert-alkyl or cyclic N) is 1. The molecule has 1 rings (SSSR count). The Morgan fingerprint density at radius 2 is 2.33 bits per heavy atom. The minimum Gasteiger partial charge on any atom is -0.390 e. The molecule has 6 heteroatoms. The van der Waals surface area contributed by atoms with Crippen LogP contribution in [0.25, 0.3) is 0 Å². The van der Waals surface area contributed by atoms with Crippen LogP contribution in [-0.2, 0) is 4.79 Å². The van der Waals surface area contributed by atoms with Crippen LogP contribution in [0.5, 0.6) is 0 Å². The van der Waals surface area contributed by atoms with Crippen molar-refractivity contribution in [3.05, 3.63) is 0 Å². The van der Waals surface area contributed by atoms with Gasteiger partial charge in [0.2, 0.25) is 5.91 Å². The summed E-state index contributed by atoms with van der Waals surface area (Å²) in [5.74, 6) is -0.326. The van der Waals surface area contributed by atoms with Gasteiger partial charge in [-0.05, 0) is 0 Å². The molecule has 1 fully saturated rings. The van der Waals surface area contributed by atoms with E-state index in [4.69, 9.17) is 10.8 Å². The Morgan fingerprint density at radius 1 is 1.67 bits per heavy atom. The van der Waals surface area contributed by atoms with E-state index in [2.05, 4.69) is 5.32 Å². The third-order valence-electron chi connectivity index (χ3n) is 1.60. The fourth-order valence-corrected chi connectivity index (χ4v) is 0.925. The van der Waals surface area contributed by atoms with Crippen LogP contribution in [0.15, 0.2) is 0 Å². The number of amides is 3. The van der Waals surface area contributed by atoms with Crippen LogP contribution in [0.3, 0.4) is 0 Å². The Kier molecular flexibility index (Phi) is 2.61. The molecule has 0 aliphatic carbocycles. The summed E-state index contributed by atoms with van der Waals surface area (Å²) in [5.41, 5.74) is 5.12. The number of aliphatic hydroxyl groups excluding tert-OH is 1. The highest BCUT2D eigenvalue weighted by Gasteiger charge is 2.29. The van der Waals surface area contributed by atoms with Gasteiger partial charge in [0, 0.05) is 6.54 Å². The van der Waals surface area contributed by atoms with Crippen molar-refractivity contribution in [2.75, 3.05) is 19.6 Å². The molecule has 0 aromatic carbocycles. The molecule has 0 aromatic rings. The average molecular weight is 173 g/mol. The number of hydrogen-bond donors (Lipinski definition) is 3. The maximum absolute atomic E-state index is 10.9. The third kappa shape index (κ3) is 1.72. The van der Waals surface area contributed by atoms with Crippen LogP contribution in [0, 0.1) is 0 Å². The molecule has 0 unspecified atom stereocenters. The van der Waals surface area contributed by atoms with E-state index in [-0.39, 0.29) is 25.5 Å². The number of carbonyl (C=O) groups excluding carboxylic acids is 2. The SMILES string of the molecule is NC[C@H](O)CN1C(=O)CNC1=O. The molecule has 3 amide bonds. The lowest BCUT2D eigenvalue weighted by Crippen LogP contribution is -2.40. The normalized spacial score (nSPS) is 19.7. The van der Waals surface area contributed by atoms with Gasteiger partial charge in [-0.3, -0.25) is 9.69 Å². The zero-order valence-corrected chi connectivity index (χ0v) is 6.49. The van der Waals surface area contributed by atoms with Crippen LogP contribution in [-0.4, -0.2) is 47.7 Å². The van der Waals surface area contributed by atoms with E-state index >= 15 is 0 Å². The molecule has 1 saturated heterocycles. The maximum Gasteiger partial charge on any atom is 0.324 e. The molecule has 4 N–H and O–H groups in total. The van der Waals surface area contributed by atoms with E-state index in [0.717, 1.165) is 4.90 Å². The predicted molar refractivity (Wildman–Crippen MR) is 40.2 cm³/mol. The van der Waals surface area contributed by atoms with Crippen molar-refractivity contribution in [2.45, 2.75) is 6.10 Å². The van der Waals surface area contributed by atoms with Crippen LogP contribution in [0.4, 0.5) is 4.79 Å². The smallest absolute Gasteiger partial charge is 0.324 e. The van der Waals surface area contributed by atoms with Crippen LogP contribution in [0.2, 0.25) is 0 Å². The minimum atomic E-state index is -0.835. The van der Waals surface area contributed by atoms with Gasteiger partial charge in [0.1, 0.15) is 0 Å². The van der Waals surface area contributed by atoms with Crippen LogP contribution < -0.4 is 11.1 Å². The van der Waals surface area contributed by atoms with Gasteiger partial charge >= 0.3 is 6.03 Å². The van der Waals surface area contributed by atoms with E-state index in [9.17, 15) is 9.59 Å². The Hall–Kier alpha value is -1.14. The van der Waals surface area contributed by atoms with Crippen LogP contribution in [0.1, 0.15) is 0 Å². The number of rotatable bonds is 3. The maximum atomic E-state index is 10.9. The lowest BCUT2D eigenvalue weighted by molar-refractivity contribution is -0.125. The minimum absolute atomic E-state index is 0.0100. The number of nitrogens with two attached hydrogens (primary N) is 1. The van der Waals surface area contributed by atoms with Crippen molar-refractivity contribution < 1.29 is 14.7 Å². The predicted octanol–water partition coefficient (Wildman–Crippen LogP) is -2.14. The molecule has 12 heavy (non-hydrogen) atoms. The molecule has 0 spiro atoms. The Balaban J connectivity index is 2.50. The monoisotopic (exact) mass is 173 g/mol. The van der Waals surface area contributed by atoms with Gasteiger partial charge in [-0.1, -0.05) is 0 Å². The van der Waals surface area contributed by atoms with Gasteiger partial charge in [0.05, 0.1) is 19.2 Å². The Morgan fingerprint density at radius 3 is 2.75 bits per heavy atom. The number of hydrogen-bond acceptors (Lipinski definition) is 4. The van der Waals surface area contributed by atoms with Gasteiger partial charge in [-0.25, -0.2) is 4.79 Å². The number of nitrogens with zero attached hydrogens (tertiary/aromatic N) is 1. The number of imide groups is 1. The zero-order valence-electron chi connectivity index (χ0n) is 6.49. The van der Waals surface area contributed by atoms with Gasteiger partial charge in [-0.2, -0.15) is 0 Å². The fraction of sp³-hybridized carbons (Fsp3) is 0.667. The van der Waals surface area contributed by atoms with Crippen molar-refractivity contribution in [3.8, 4) is 0 Å². The number of carbonyl (C=O) groups is 2. The molecule has 68 valence electrons.